The van der Waals surface area contributed by atoms with E-state index < -0.39 is 0 Å². The summed E-state index contributed by atoms with van der Waals surface area (Å²) in [6, 6.07) is 0.380. The molecule has 0 unspecified atom stereocenters. The fourth-order valence-corrected chi connectivity index (χ4v) is 3.45. The lowest BCUT2D eigenvalue weighted by Crippen LogP contribution is -2.49. The molecule has 3 aliphatic rings. The van der Waals surface area contributed by atoms with Crippen LogP contribution >= 0.6 is 0 Å². The Bertz CT molecular complexity index is 428. The van der Waals surface area contributed by atoms with Crippen molar-refractivity contribution in [1.82, 2.24) is 19.9 Å². The third-order valence-electron chi connectivity index (χ3n) is 4.75. The van der Waals surface area contributed by atoms with Gasteiger partial charge >= 0.3 is 0 Å². The number of aromatic nitrogens is 3. The summed E-state index contributed by atoms with van der Waals surface area (Å²) in [6.07, 6.45) is 7.60. The van der Waals surface area contributed by atoms with Crippen molar-refractivity contribution < 1.29 is 4.74 Å². The van der Waals surface area contributed by atoms with Crippen LogP contribution in [0.1, 0.15) is 37.4 Å². The average Bonchev–Trinajstić information content (AvgIpc) is 2.82. The third-order valence-corrected chi connectivity index (χ3v) is 4.75. The van der Waals surface area contributed by atoms with Gasteiger partial charge in [-0.15, -0.1) is 5.10 Å². The molecule has 0 bridgehead atoms. The number of piperidine rings is 1. The van der Waals surface area contributed by atoms with Gasteiger partial charge < -0.3 is 9.64 Å². The van der Waals surface area contributed by atoms with Gasteiger partial charge in [-0.05, 0) is 25.2 Å². The largest absolute Gasteiger partial charge is 0.370 e. The third kappa shape index (κ3) is 1.77. The molecular formula is C13H20N4O. The molecule has 4 rings (SSSR count). The molecule has 1 aliphatic carbocycles. The van der Waals surface area contributed by atoms with E-state index in [0.717, 1.165) is 24.6 Å². The SMILES string of the molecule is c1nnn2c1CO[C@@H]1CCN(CC3CCC3)C[C@H]12. The minimum atomic E-state index is 0.344. The van der Waals surface area contributed by atoms with Crippen molar-refractivity contribution >= 4 is 0 Å². The summed E-state index contributed by atoms with van der Waals surface area (Å²) >= 11 is 0. The molecule has 5 nitrogen and oxygen atoms in total. The first-order valence-electron chi connectivity index (χ1n) is 7.13. The quantitative estimate of drug-likeness (QED) is 0.789. The van der Waals surface area contributed by atoms with E-state index in [1.807, 2.05) is 6.20 Å². The molecule has 5 heteroatoms. The molecule has 1 aromatic heterocycles. The number of hydrogen-bond donors (Lipinski definition) is 0. The zero-order chi connectivity index (χ0) is 11.9. The minimum absolute atomic E-state index is 0.344. The highest BCUT2D eigenvalue weighted by atomic mass is 16.5. The van der Waals surface area contributed by atoms with Gasteiger partial charge in [0.1, 0.15) is 0 Å². The molecule has 2 fully saturated rings. The topological polar surface area (TPSA) is 43.2 Å². The second kappa shape index (κ2) is 4.31. The molecular weight excluding hydrogens is 228 g/mol. The summed E-state index contributed by atoms with van der Waals surface area (Å²) in [6.45, 7) is 4.21. The van der Waals surface area contributed by atoms with Crippen LogP contribution in [-0.4, -0.2) is 45.6 Å². The van der Waals surface area contributed by atoms with E-state index >= 15 is 0 Å². The summed E-state index contributed by atoms with van der Waals surface area (Å²) in [5, 5.41) is 8.27. The molecule has 0 aromatic carbocycles. The van der Waals surface area contributed by atoms with Crippen LogP contribution in [0.2, 0.25) is 0 Å². The maximum atomic E-state index is 5.93. The molecule has 1 saturated carbocycles. The van der Waals surface area contributed by atoms with Gasteiger partial charge in [-0.1, -0.05) is 11.6 Å². The molecule has 0 N–H and O–H groups in total. The maximum Gasteiger partial charge on any atom is 0.0929 e. The predicted molar refractivity (Wildman–Crippen MR) is 66.0 cm³/mol. The van der Waals surface area contributed by atoms with Gasteiger partial charge in [-0.25, -0.2) is 4.68 Å². The Balaban J connectivity index is 1.49. The maximum absolute atomic E-state index is 5.93. The number of rotatable bonds is 2. The van der Waals surface area contributed by atoms with Gasteiger partial charge in [-0.3, -0.25) is 0 Å². The number of fused-ring (bicyclic) bond motifs is 3. The van der Waals surface area contributed by atoms with E-state index in [2.05, 4.69) is 19.9 Å². The highest BCUT2D eigenvalue weighted by Crippen LogP contribution is 2.33. The summed E-state index contributed by atoms with van der Waals surface area (Å²) < 4.78 is 8.03. The first-order chi connectivity index (χ1) is 8.90. The fourth-order valence-electron chi connectivity index (χ4n) is 3.45. The van der Waals surface area contributed by atoms with Crippen molar-refractivity contribution in [2.45, 2.75) is 44.4 Å². The lowest BCUT2D eigenvalue weighted by Gasteiger charge is -2.43. The van der Waals surface area contributed by atoms with Crippen LogP contribution in [0.3, 0.4) is 0 Å². The van der Waals surface area contributed by atoms with Crippen LogP contribution in [0.15, 0.2) is 6.20 Å². The normalized spacial score (nSPS) is 32.7. The summed E-state index contributed by atoms with van der Waals surface area (Å²) in [4.78, 5) is 2.60. The van der Waals surface area contributed by atoms with Crippen LogP contribution in [0.5, 0.6) is 0 Å². The Labute approximate surface area is 107 Å². The molecule has 3 heterocycles. The van der Waals surface area contributed by atoms with Crippen molar-refractivity contribution in [1.29, 1.82) is 0 Å². The van der Waals surface area contributed by atoms with E-state index in [1.54, 1.807) is 0 Å². The molecule has 2 atom stereocenters. The Morgan fingerprint density at radius 1 is 1.33 bits per heavy atom. The zero-order valence-corrected chi connectivity index (χ0v) is 10.7. The first-order valence-corrected chi connectivity index (χ1v) is 7.13. The van der Waals surface area contributed by atoms with Crippen molar-refractivity contribution in [3.05, 3.63) is 11.9 Å². The van der Waals surface area contributed by atoms with Crippen LogP contribution in [0.4, 0.5) is 0 Å². The molecule has 2 aliphatic heterocycles. The first kappa shape index (κ1) is 10.9. The van der Waals surface area contributed by atoms with E-state index in [0.29, 0.717) is 18.8 Å². The summed E-state index contributed by atoms with van der Waals surface area (Å²) in [5.74, 6) is 0.946. The number of ether oxygens (including phenoxy) is 1. The molecule has 0 radical (unpaired) electrons. The van der Waals surface area contributed by atoms with Crippen LogP contribution in [0, 0.1) is 5.92 Å². The Kier molecular flexibility index (Phi) is 2.62. The second-order valence-corrected chi connectivity index (χ2v) is 5.93. The zero-order valence-electron chi connectivity index (χ0n) is 10.7. The summed E-state index contributed by atoms with van der Waals surface area (Å²) in [5.41, 5.74) is 1.13. The van der Waals surface area contributed by atoms with Crippen molar-refractivity contribution in [3.8, 4) is 0 Å². The standard InChI is InChI=1S/C13H20N4O/c1-2-10(3-1)7-16-5-4-13-12(8-16)17-11(9-18-13)6-14-15-17/h6,10,12-13H,1-5,7-9H2/t12-,13-/m1/s1. The molecule has 1 aromatic rings. The van der Waals surface area contributed by atoms with Crippen LogP contribution < -0.4 is 0 Å². The molecule has 0 amide bonds. The molecule has 18 heavy (non-hydrogen) atoms. The lowest BCUT2D eigenvalue weighted by atomic mass is 9.84. The Hall–Kier alpha value is -0.940. The smallest absolute Gasteiger partial charge is 0.0929 e. The number of nitrogens with zero attached hydrogens (tertiary/aromatic N) is 4. The van der Waals surface area contributed by atoms with E-state index in [-0.39, 0.29) is 0 Å². The van der Waals surface area contributed by atoms with Gasteiger partial charge in [-0.2, -0.15) is 0 Å². The Morgan fingerprint density at radius 3 is 3.11 bits per heavy atom. The van der Waals surface area contributed by atoms with E-state index in [9.17, 15) is 0 Å². The average molecular weight is 248 g/mol. The van der Waals surface area contributed by atoms with Gasteiger partial charge in [0.05, 0.1) is 30.6 Å². The van der Waals surface area contributed by atoms with E-state index in [4.69, 9.17) is 4.74 Å². The van der Waals surface area contributed by atoms with Crippen molar-refractivity contribution in [3.63, 3.8) is 0 Å². The second-order valence-electron chi connectivity index (χ2n) is 5.93. The molecule has 0 spiro atoms. The minimum Gasteiger partial charge on any atom is -0.370 e. The van der Waals surface area contributed by atoms with E-state index in [1.165, 1.54) is 32.4 Å². The van der Waals surface area contributed by atoms with Gasteiger partial charge in [0.15, 0.2) is 0 Å². The fraction of sp³-hybridized carbons (Fsp3) is 0.846. The number of hydrogen-bond acceptors (Lipinski definition) is 4. The highest BCUT2D eigenvalue weighted by molar-refractivity contribution is 5.01. The monoisotopic (exact) mass is 248 g/mol. The number of likely N-dealkylation sites (tertiary alicyclic amines) is 1. The van der Waals surface area contributed by atoms with Gasteiger partial charge in [0.2, 0.25) is 0 Å². The van der Waals surface area contributed by atoms with Crippen LogP contribution in [-0.2, 0) is 11.3 Å². The van der Waals surface area contributed by atoms with Gasteiger partial charge in [0, 0.05) is 19.6 Å². The highest BCUT2D eigenvalue weighted by Gasteiger charge is 2.37. The Morgan fingerprint density at radius 2 is 2.28 bits per heavy atom. The predicted octanol–water partition coefficient (Wildman–Crippen LogP) is 1.22. The van der Waals surface area contributed by atoms with Crippen molar-refractivity contribution in [2.75, 3.05) is 19.6 Å². The van der Waals surface area contributed by atoms with Gasteiger partial charge in [0.25, 0.3) is 0 Å². The summed E-state index contributed by atoms with van der Waals surface area (Å²) in [7, 11) is 0. The molecule has 1 saturated heterocycles. The van der Waals surface area contributed by atoms with Crippen molar-refractivity contribution in [2.24, 2.45) is 5.92 Å². The van der Waals surface area contributed by atoms with Crippen LogP contribution in [0.25, 0.3) is 0 Å². The molecule has 98 valence electrons. The lowest BCUT2D eigenvalue weighted by molar-refractivity contribution is -0.0689.